The highest BCUT2D eigenvalue weighted by atomic mass is 19.1. The molecule has 9 heteroatoms. The smallest absolute Gasteiger partial charge is 0.219 e. The first-order chi connectivity index (χ1) is 15.1. The lowest BCUT2D eigenvalue weighted by Gasteiger charge is -2.18. The predicted molar refractivity (Wildman–Crippen MR) is 113 cm³/mol. The molecule has 0 spiro atoms. The first-order valence-electron chi connectivity index (χ1n) is 10.4. The van der Waals surface area contributed by atoms with Crippen LogP contribution in [-0.4, -0.2) is 50.1 Å². The second-order valence-electron chi connectivity index (χ2n) is 7.75. The number of anilines is 1. The fourth-order valence-electron chi connectivity index (χ4n) is 4.27. The fraction of sp³-hybridized carbons (Fsp3) is 0.364. The minimum absolute atomic E-state index is 0.0879. The molecule has 31 heavy (non-hydrogen) atoms. The van der Waals surface area contributed by atoms with Gasteiger partial charge in [-0.15, -0.1) is 10.2 Å². The Morgan fingerprint density at radius 3 is 3.06 bits per heavy atom. The molecule has 2 aliphatic rings. The summed E-state index contributed by atoms with van der Waals surface area (Å²) in [6.45, 7) is 3.84. The van der Waals surface area contributed by atoms with Crippen LogP contribution in [-0.2, 0) is 17.8 Å². The second-order valence-corrected chi connectivity index (χ2v) is 7.75. The van der Waals surface area contributed by atoms with E-state index in [9.17, 15) is 9.18 Å². The van der Waals surface area contributed by atoms with Crippen molar-refractivity contribution in [1.29, 1.82) is 0 Å². The Bertz CT molecular complexity index is 1190. The Labute approximate surface area is 178 Å². The number of halogens is 1. The summed E-state index contributed by atoms with van der Waals surface area (Å²) < 4.78 is 21.8. The molecular formula is C22H23FN6O2. The summed E-state index contributed by atoms with van der Waals surface area (Å²) in [5.74, 6) is 1.12. The van der Waals surface area contributed by atoms with Crippen molar-refractivity contribution in [2.24, 2.45) is 0 Å². The Morgan fingerprint density at radius 2 is 2.19 bits per heavy atom. The number of rotatable bonds is 4. The number of carbonyl (C=O) groups excluding carboxylic acids is 1. The molecule has 0 aliphatic carbocycles. The molecule has 0 fully saturated rings. The van der Waals surface area contributed by atoms with Crippen LogP contribution in [0.1, 0.15) is 36.5 Å². The second kappa shape index (κ2) is 7.98. The van der Waals surface area contributed by atoms with E-state index in [0.717, 1.165) is 35.3 Å². The van der Waals surface area contributed by atoms with E-state index in [-0.39, 0.29) is 18.3 Å². The van der Waals surface area contributed by atoms with Crippen molar-refractivity contribution < 1.29 is 13.9 Å². The molecule has 0 atom stereocenters. The molecule has 0 saturated heterocycles. The molecule has 1 N–H and O–H groups in total. The minimum atomic E-state index is -0.257. The summed E-state index contributed by atoms with van der Waals surface area (Å²) in [5, 5.41) is 11.6. The van der Waals surface area contributed by atoms with E-state index in [1.807, 2.05) is 4.90 Å². The molecule has 3 aromatic rings. The first-order valence-corrected chi connectivity index (χ1v) is 10.4. The third-order valence-corrected chi connectivity index (χ3v) is 5.93. The number of amides is 1. The van der Waals surface area contributed by atoms with Crippen molar-refractivity contribution in [2.45, 2.75) is 32.7 Å². The van der Waals surface area contributed by atoms with E-state index >= 15 is 0 Å². The summed E-state index contributed by atoms with van der Waals surface area (Å²) in [4.78, 5) is 18.1. The molecular weight excluding hydrogens is 399 g/mol. The number of aromatic nitrogens is 4. The molecule has 5 rings (SSSR count). The third kappa shape index (κ3) is 3.60. The van der Waals surface area contributed by atoms with Crippen molar-refractivity contribution in [3.63, 3.8) is 0 Å². The van der Waals surface area contributed by atoms with Gasteiger partial charge in [0.2, 0.25) is 11.9 Å². The van der Waals surface area contributed by atoms with Crippen molar-refractivity contribution in [1.82, 2.24) is 24.5 Å². The van der Waals surface area contributed by atoms with Crippen molar-refractivity contribution in [3.05, 3.63) is 53.2 Å². The van der Waals surface area contributed by atoms with Crippen LogP contribution in [0.4, 0.5) is 10.3 Å². The summed E-state index contributed by atoms with van der Waals surface area (Å²) in [6, 6.07) is 3.12. The first kappa shape index (κ1) is 19.5. The SMILES string of the molecule is CC(=O)N1CCC=C(c2cnc(NCc3c(F)ccc4c3CCO4)n3cnnc23)CC1. The molecule has 0 radical (unpaired) electrons. The highest BCUT2D eigenvalue weighted by Gasteiger charge is 2.21. The largest absolute Gasteiger partial charge is 0.493 e. The quantitative estimate of drug-likeness (QED) is 0.696. The van der Waals surface area contributed by atoms with E-state index < -0.39 is 0 Å². The molecule has 2 aliphatic heterocycles. The van der Waals surface area contributed by atoms with Gasteiger partial charge in [-0.1, -0.05) is 6.08 Å². The van der Waals surface area contributed by atoms with Crippen LogP contribution in [0.2, 0.25) is 0 Å². The number of nitrogens with zero attached hydrogens (tertiary/aromatic N) is 5. The van der Waals surface area contributed by atoms with Crippen molar-refractivity contribution >= 4 is 23.1 Å². The number of fused-ring (bicyclic) bond motifs is 2. The van der Waals surface area contributed by atoms with Gasteiger partial charge < -0.3 is 15.0 Å². The number of hydrogen-bond acceptors (Lipinski definition) is 6. The highest BCUT2D eigenvalue weighted by molar-refractivity contribution is 5.78. The van der Waals surface area contributed by atoms with Crippen LogP contribution >= 0.6 is 0 Å². The lowest BCUT2D eigenvalue weighted by molar-refractivity contribution is -0.128. The van der Waals surface area contributed by atoms with Crippen LogP contribution in [0, 0.1) is 5.82 Å². The van der Waals surface area contributed by atoms with E-state index in [0.29, 0.717) is 43.3 Å². The van der Waals surface area contributed by atoms with Crippen LogP contribution in [0.25, 0.3) is 11.2 Å². The van der Waals surface area contributed by atoms with Gasteiger partial charge in [-0.3, -0.25) is 9.20 Å². The molecule has 1 amide bonds. The van der Waals surface area contributed by atoms with Crippen molar-refractivity contribution in [3.8, 4) is 5.75 Å². The molecule has 1 aromatic carbocycles. The lowest BCUT2D eigenvalue weighted by Crippen LogP contribution is -2.29. The van der Waals surface area contributed by atoms with Crippen LogP contribution in [0.5, 0.6) is 5.75 Å². The number of hydrogen-bond donors (Lipinski definition) is 1. The molecule has 2 aromatic heterocycles. The maximum Gasteiger partial charge on any atom is 0.219 e. The van der Waals surface area contributed by atoms with Gasteiger partial charge in [0.1, 0.15) is 17.9 Å². The summed E-state index contributed by atoms with van der Waals surface area (Å²) >= 11 is 0. The lowest BCUT2D eigenvalue weighted by atomic mass is 10.0. The zero-order chi connectivity index (χ0) is 21.4. The molecule has 160 valence electrons. The maximum atomic E-state index is 14.5. The minimum Gasteiger partial charge on any atom is -0.493 e. The van der Waals surface area contributed by atoms with E-state index in [4.69, 9.17) is 4.74 Å². The van der Waals surface area contributed by atoms with Crippen LogP contribution in [0.3, 0.4) is 0 Å². The highest BCUT2D eigenvalue weighted by Crippen LogP contribution is 2.31. The van der Waals surface area contributed by atoms with Gasteiger partial charge in [-0.05, 0) is 30.5 Å². The van der Waals surface area contributed by atoms with Crippen molar-refractivity contribution in [2.75, 3.05) is 25.0 Å². The Kier molecular flexibility index (Phi) is 5.01. The summed E-state index contributed by atoms with van der Waals surface area (Å²) in [5.41, 5.74) is 4.18. The van der Waals surface area contributed by atoms with Gasteiger partial charge in [-0.2, -0.15) is 0 Å². The van der Waals surface area contributed by atoms with Gasteiger partial charge in [0, 0.05) is 55.9 Å². The van der Waals surface area contributed by atoms with Gasteiger partial charge >= 0.3 is 0 Å². The van der Waals surface area contributed by atoms with E-state index in [1.165, 1.54) is 6.07 Å². The molecule has 8 nitrogen and oxygen atoms in total. The third-order valence-electron chi connectivity index (χ3n) is 5.93. The Balaban J connectivity index is 1.41. The Morgan fingerprint density at radius 1 is 1.29 bits per heavy atom. The fourth-order valence-corrected chi connectivity index (χ4v) is 4.27. The monoisotopic (exact) mass is 422 g/mol. The molecule has 4 heterocycles. The molecule has 0 unspecified atom stereocenters. The topological polar surface area (TPSA) is 84.7 Å². The molecule has 0 saturated carbocycles. The van der Waals surface area contributed by atoms with Gasteiger partial charge in [-0.25, -0.2) is 9.37 Å². The average Bonchev–Trinajstić information content (AvgIpc) is 3.37. The van der Waals surface area contributed by atoms with E-state index in [2.05, 4.69) is 26.6 Å². The summed E-state index contributed by atoms with van der Waals surface area (Å²) in [6.07, 6.45) is 7.74. The summed E-state index contributed by atoms with van der Waals surface area (Å²) in [7, 11) is 0. The Hall–Kier alpha value is -3.49. The van der Waals surface area contributed by atoms with Crippen LogP contribution < -0.4 is 10.1 Å². The molecule has 0 bridgehead atoms. The zero-order valence-corrected chi connectivity index (χ0v) is 17.3. The van der Waals surface area contributed by atoms with Gasteiger partial charge in [0.25, 0.3) is 0 Å². The number of benzene rings is 1. The number of ether oxygens (including phenoxy) is 1. The maximum absolute atomic E-state index is 14.5. The average molecular weight is 422 g/mol. The standard InChI is InChI=1S/C22H23FN6O2/c1-14(30)28-8-2-3-15(6-9-28)17-11-24-22(29-13-26-27-21(17)29)25-12-18-16-7-10-31-20(16)5-4-19(18)23/h3-5,11,13H,2,6-10,12H2,1H3,(H,24,25). The van der Waals surface area contributed by atoms with Gasteiger partial charge in [0.05, 0.1) is 6.61 Å². The number of nitrogens with one attached hydrogen (secondary N) is 1. The van der Waals surface area contributed by atoms with Crippen LogP contribution in [0.15, 0.2) is 30.7 Å². The van der Waals surface area contributed by atoms with Gasteiger partial charge in [0.15, 0.2) is 5.65 Å². The zero-order valence-electron chi connectivity index (χ0n) is 17.3. The predicted octanol–water partition coefficient (Wildman–Crippen LogP) is 2.84. The number of carbonyl (C=O) groups is 1. The van der Waals surface area contributed by atoms with E-state index in [1.54, 1.807) is 29.9 Å². The normalized spacial score (nSPS) is 15.9.